The fourth-order valence-electron chi connectivity index (χ4n) is 1.77. The minimum absolute atomic E-state index is 0.0603. The van der Waals surface area contributed by atoms with Crippen LogP contribution in [0.5, 0.6) is 0 Å². The molecular weight excluding hydrogens is 280 g/mol. The number of rotatable bonds is 9. The molecule has 0 aliphatic rings. The van der Waals surface area contributed by atoms with Gasteiger partial charge in [0, 0.05) is 12.6 Å². The highest BCUT2D eigenvalue weighted by molar-refractivity contribution is 7.89. The number of hydrogen-bond donors (Lipinski definition) is 3. The van der Waals surface area contributed by atoms with E-state index in [1.807, 2.05) is 20.8 Å². The first-order valence-electron chi connectivity index (χ1n) is 6.83. The molecule has 6 nitrogen and oxygen atoms in total. The maximum Gasteiger partial charge on any atom is 0.274 e. The van der Waals surface area contributed by atoms with Gasteiger partial charge in [-0.3, -0.25) is 0 Å². The largest absolute Gasteiger partial charge is 0.447 e. The highest BCUT2D eigenvalue weighted by Crippen LogP contribution is 2.16. The molecule has 0 saturated carbocycles. The van der Waals surface area contributed by atoms with Crippen LogP contribution < -0.4 is 10.0 Å². The van der Waals surface area contributed by atoms with E-state index in [0.29, 0.717) is 18.7 Å². The summed E-state index contributed by atoms with van der Waals surface area (Å²) in [4.78, 5) is 0. The molecule has 1 atom stereocenters. The van der Waals surface area contributed by atoms with Crippen molar-refractivity contribution in [3.63, 3.8) is 0 Å². The first-order chi connectivity index (χ1) is 9.40. The number of hydrogen-bond acceptors (Lipinski definition) is 5. The lowest BCUT2D eigenvalue weighted by molar-refractivity contribution is 0.255. The van der Waals surface area contributed by atoms with Crippen molar-refractivity contribution in [1.82, 2.24) is 10.0 Å². The van der Waals surface area contributed by atoms with Gasteiger partial charge in [0.1, 0.15) is 5.76 Å². The van der Waals surface area contributed by atoms with E-state index in [9.17, 15) is 8.42 Å². The molecule has 0 aliphatic carbocycles. The molecule has 0 bridgehead atoms. The van der Waals surface area contributed by atoms with Crippen molar-refractivity contribution in [2.45, 2.75) is 44.9 Å². The number of aliphatic hydroxyl groups is 1. The summed E-state index contributed by atoms with van der Waals surface area (Å²) in [6.45, 7) is 6.99. The Kier molecular flexibility index (Phi) is 6.67. The van der Waals surface area contributed by atoms with Crippen molar-refractivity contribution in [2.75, 3.05) is 13.2 Å². The standard InChI is InChI=1S/C13H24N2O4S/c1-4-14-9-11-5-6-13(19-11)20(17,18)15-12(7-8-16)10(2)3/h5-6,10,12,14-16H,4,7-9H2,1-3H3. The van der Waals surface area contributed by atoms with Gasteiger partial charge in [-0.15, -0.1) is 0 Å². The average molecular weight is 304 g/mol. The third kappa shape index (κ3) is 4.90. The second-order valence-corrected chi connectivity index (χ2v) is 6.63. The molecule has 0 spiro atoms. The highest BCUT2D eigenvalue weighted by atomic mass is 32.2. The average Bonchev–Trinajstić information content (AvgIpc) is 2.85. The number of furan rings is 1. The van der Waals surface area contributed by atoms with E-state index in [1.165, 1.54) is 6.07 Å². The second kappa shape index (κ2) is 7.78. The third-order valence-corrected chi connectivity index (χ3v) is 4.36. The van der Waals surface area contributed by atoms with Crippen molar-refractivity contribution >= 4 is 10.0 Å². The number of aliphatic hydroxyl groups excluding tert-OH is 1. The second-order valence-electron chi connectivity index (χ2n) is 4.99. The van der Waals surface area contributed by atoms with Gasteiger partial charge in [0.05, 0.1) is 6.54 Å². The van der Waals surface area contributed by atoms with Gasteiger partial charge in [-0.2, -0.15) is 0 Å². The van der Waals surface area contributed by atoms with E-state index in [0.717, 1.165) is 6.54 Å². The number of sulfonamides is 1. The Morgan fingerprint density at radius 2 is 2.05 bits per heavy atom. The van der Waals surface area contributed by atoms with Crippen LogP contribution in [0.4, 0.5) is 0 Å². The molecule has 1 unspecified atom stereocenters. The van der Waals surface area contributed by atoms with Crippen molar-refractivity contribution < 1.29 is 17.9 Å². The molecule has 116 valence electrons. The van der Waals surface area contributed by atoms with E-state index in [-0.39, 0.29) is 23.7 Å². The van der Waals surface area contributed by atoms with Gasteiger partial charge in [0.2, 0.25) is 5.09 Å². The summed E-state index contributed by atoms with van der Waals surface area (Å²) in [7, 11) is -3.69. The van der Waals surface area contributed by atoms with Gasteiger partial charge in [0.25, 0.3) is 10.0 Å². The normalized spacial score (nSPS) is 13.8. The van der Waals surface area contributed by atoms with Crippen LogP contribution in [0.25, 0.3) is 0 Å². The van der Waals surface area contributed by atoms with Crippen LogP contribution in [0.3, 0.4) is 0 Å². The summed E-state index contributed by atoms with van der Waals surface area (Å²) in [5.74, 6) is 0.670. The molecule has 0 saturated heterocycles. The van der Waals surface area contributed by atoms with Crippen LogP contribution in [0.2, 0.25) is 0 Å². The molecule has 1 heterocycles. The van der Waals surface area contributed by atoms with Crippen LogP contribution in [0.15, 0.2) is 21.6 Å². The van der Waals surface area contributed by atoms with E-state index in [1.54, 1.807) is 6.07 Å². The zero-order valence-corrected chi connectivity index (χ0v) is 13.0. The first-order valence-corrected chi connectivity index (χ1v) is 8.31. The lowest BCUT2D eigenvalue weighted by Crippen LogP contribution is -2.39. The van der Waals surface area contributed by atoms with Crippen molar-refractivity contribution in [1.29, 1.82) is 0 Å². The fourth-order valence-corrected chi connectivity index (χ4v) is 3.14. The molecule has 7 heteroatoms. The molecule has 0 radical (unpaired) electrons. The monoisotopic (exact) mass is 304 g/mol. The Balaban J connectivity index is 2.79. The van der Waals surface area contributed by atoms with Gasteiger partial charge >= 0.3 is 0 Å². The maximum atomic E-state index is 12.2. The van der Waals surface area contributed by atoms with Gasteiger partial charge < -0.3 is 14.8 Å². The third-order valence-electron chi connectivity index (χ3n) is 3.00. The molecule has 1 aromatic rings. The van der Waals surface area contributed by atoms with Crippen LogP contribution >= 0.6 is 0 Å². The Labute approximate surface area is 120 Å². The van der Waals surface area contributed by atoms with E-state index < -0.39 is 10.0 Å². The van der Waals surface area contributed by atoms with Crippen molar-refractivity contribution in [2.24, 2.45) is 5.92 Å². The molecular formula is C13H24N2O4S. The molecule has 1 rings (SSSR count). The summed E-state index contributed by atoms with van der Waals surface area (Å²) >= 11 is 0. The SMILES string of the molecule is CCNCc1ccc(S(=O)(=O)NC(CCO)C(C)C)o1. The molecule has 0 aliphatic heterocycles. The molecule has 0 fully saturated rings. The van der Waals surface area contributed by atoms with E-state index in [2.05, 4.69) is 10.0 Å². The maximum absolute atomic E-state index is 12.2. The van der Waals surface area contributed by atoms with Crippen LogP contribution in [0.1, 0.15) is 33.0 Å². The van der Waals surface area contributed by atoms with Crippen molar-refractivity contribution in [3.8, 4) is 0 Å². The van der Waals surface area contributed by atoms with Crippen LogP contribution in [-0.4, -0.2) is 32.7 Å². The summed E-state index contributed by atoms with van der Waals surface area (Å²) in [5, 5.41) is 12.0. The quantitative estimate of drug-likeness (QED) is 0.635. The minimum atomic E-state index is -3.69. The summed E-state index contributed by atoms with van der Waals surface area (Å²) < 4.78 is 32.3. The van der Waals surface area contributed by atoms with Gasteiger partial charge in [0.15, 0.2) is 0 Å². The first kappa shape index (κ1) is 17.2. The summed E-state index contributed by atoms with van der Waals surface area (Å²) in [6, 6.07) is 2.78. The fraction of sp³-hybridized carbons (Fsp3) is 0.692. The Bertz CT molecular complexity index is 496. The van der Waals surface area contributed by atoms with Crippen molar-refractivity contribution in [3.05, 3.63) is 17.9 Å². The topological polar surface area (TPSA) is 91.6 Å². The van der Waals surface area contributed by atoms with E-state index in [4.69, 9.17) is 9.52 Å². The zero-order valence-electron chi connectivity index (χ0n) is 12.2. The van der Waals surface area contributed by atoms with Gasteiger partial charge in [-0.05, 0) is 31.0 Å². The highest BCUT2D eigenvalue weighted by Gasteiger charge is 2.24. The number of nitrogens with one attached hydrogen (secondary N) is 2. The van der Waals surface area contributed by atoms with Crippen LogP contribution in [0, 0.1) is 5.92 Å². The predicted molar refractivity (Wildman–Crippen MR) is 76.7 cm³/mol. The van der Waals surface area contributed by atoms with Gasteiger partial charge in [-0.1, -0.05) is 20.8 Å². The lowest BCUT2D eigenvalue weighted by Gasteiger charge is -2.20. The Morgan fingerprint density at radius 1 is 1.35 bits per heavy atom. The molecule has 20 heavy (non-hydrogen) atoms. The smallest absolute Gasteiger partial charge is 0.274 e. The van der Waals surface area contributed by atoms with Gasteiger partial charge in [-0.25, -0.2) is 13.1 Å². The Morgan fingerprint density at radius 3 is 2.60 bits per heavy atom. The summed E-state index contributed by atoms with van der Waals surface area (Å²) in [6.07, 6.45) is 0.377. The van der Waals surface area contributed by atoms with E-state index >= 15 is 0 Å². The molecule has 0 aromatic carbocycles. The lowest BCUT2D eigenvalue weighted by atomic mass is 10.0. The molecule has 3 N–H and O–H groups in total. The Hall–Kier alpha value is -0.890. The molecule has 0 amide bonds. The summed E-state index contributed by atoms with van der Waals surface area (Å²) in [5.41, 5.74) is 0. The minimum Gasteiger partial charge on any atom is -0.447 e. The predicted octanol–water partition coefficient (Wildman–Crippen LogP) is 1.07. The zero-order chi connectivity index (χ0) is 15.2. The van der Waals surface area contributed by atoms with Crippen LogP contribution in [-0.2, 0) is 16.6 Å². The molecule has 1 aromatic heterocycles.